The summed E-state index contributed by atoms with van der Waals surface area (Å²) in [5.41, 5.74) is -0.131. The molecule has 1 N–H and O–H groups in total. The van der Waals surface area contributed by atoms with Crippen LogP contribution in [-0.4, -0.2) is 23.5 Å². The lowest BCUT2D eigenvalue weighted by atomic mass is 10.1. The van der Waals surface area contributed by atoms with E-state index in [2.05, 4.69) is 12.0 Å². The van der Waals surface area contributed by atoms with Gasteiger partial charge >= 0.3 is 13.7 Å². The molecule has 0 bridgehead atoms. The quantitative estimate of drug-likeness (QED) is 0.0720. The topological polar surface area (TPSA) is 117 Å². The Morgan fingerprint density at radius 3 is 2.00 bits per heavy atom. The molecule has 2 aromatic carbocycles. The number of nitrogens with zero attached hydrogens (tertiary/aromatic N) is 1. The number of carbonyl (C=O) groups excluding carboxylic acids is 1. The molecule has 0 heterocycles. The first-order valence-corrected chi connectivity index (χ1v) is 14.1. The van der Waals surface area contributed by atoms with E-state index in [0.717, 1.165) is 25.7 Å². The van der Waals surface area contributed by atoms with Crippen LogP contribution in [0.4, 0.5) is 5.69 Å². The Morgan fingerprint density at radius 1 is 0.889 bits per heavy atom. The van der Waals surface area contributed by atoms with Crippen LogP contribution in [-0.2, 0) is 14.1 Å². The largest absolute Gasteiger partial charge is 0.513 e. The molecule has 0 spiro atoms. The Hall–Kier alpha value is -2.90. The molecule has 0 radical (unpaired) electrons. The minimum absolute atomic E-state index is 0.0991. The molecule has 9 nitrogen and oxygen atoms in total. The molecule has 0 fully saturated rings. The first-order chi connectivity index (χ1) is 17.4. The summed E-state index contributed by atoms with van der Waals surface area (Å²) < 4.78 is 30.4. The maximum absolute atomic E-state index is 13.8. The molecule has 0 aliphatic carbocycles. The van der Waals surface area contributed by atoms with E-state index in [4.69, 9.17) is 13.8 Å². The molecule has 0 amide bonds. The van der Waals surface area contributed by atoms with E-state index in [-0.39, 0.29) is 23.8 Å². The molecule has 2 unspecified atom stereocenters. The number of hydrogen-bond donors (Lipinski definition) is 1. The zero-order valence-electron chi connectivity index (χ0n) is 21.1. The van der Waals surface area contributed by atoms with E-state index in [0.29, 0.717) is 6.42 Å². The summed E-state index contributed by atoms with van der Waals surface area (Å²) in [4.78, 5) is 23.1. The Kier molecular flexibility index (Phi) is 13.0. The number of nitro groups is 1. The summed E-state index contributed by atoms with van der Waals surface area (Å²) in [6, 6.07) is 12.7. The molecule has 2 rings (SSSR count). The van der Waals surface area contributed by atoms with Crippen molar-refractivity contribution >= 4 is 19.4 Å². The van der Waals surface area contributed by atoms with Gasteiger partial charge in [0, 0.05) is 12.1 Å². The van der Waals surface area contributed by atoms with Crippen LogP contribution in [0.2, 0.25) is 0 Å². The van der Waals surface area contributed by atoms with E-state index >= 15 is 0 Å². The van der Waals surface area contributed by atoms with Crippen molar-refractivity contribution in [2.75, 3.05) is 6.61 Å². The standard InChI is InChI=1S/C26H37N2O7P/c1-3-5-6-7-8-9-10-14-17-25(26(29)33-4-2)27-36(32,34-23-15-12-11-13-16-23)35-24-20-18-22(19-21-24)28(30)31/h11-13,15-16,18-21,25H,3-10,14,17H2,1-2H3,(H,27,32). The lowest BCUT2D eigenvalue weighted by molar-refractivity contribution is -0.384. The first kappa shape index (κ1) is 29.3. The number of nitrogens with one attached hydrogen (secondary N) is 1. The van der Waals surface area contributed by atoms with Crippen molar-refractivity contribution in [3.05, 3.63) is 64.7 Å². The van der Waals surface area contributed by atoms with Crippen LogP contribution in [0.5, 0.6) is 11.5 Å². The molecule has 36 heavy (non-hydrogen) atoms. The summed E-state index contributed by atoms with van der Waals surface area (Å²) >= 11 is 0. The number of nitro benzene ring substituents is 1. The zero-order chi connectivity index (χ0) is 26.2. The highest BCUT2D eigenvalue weighted by Gasteiger charge is 2.35. The maximum atomic E-state index is 13.8. The molecule has 0 aliphatic heterocycles. The van der Waals surface area contributed by atoms with Crippen LogP contribution in [0, 0.1) is 10.1 Å². The number of esters is 1. The molecule has 2 atom stereocenters. The Labute approximate surface area is 213 Å². The maximum Gasteiger partial charge on any atom is 0.513 e. The fourth-order valence-corrected chi connectivity index (χ4v) is 5.17. The van der Waals surface area contributed by atoms with E-state index in [1.54, 1.807) is 37.3 Å². The molecule has 0 saturated carbocycles. The molecule has 198 valence electrons. The van der Waals surface area contributed by atoms with E-state index in [9.17, 15) is 19.5 Å². The highest BCUT2D eigenvalue weighted by molar-refractivity contribution is 7.52. The summed E-state index contributed by atoms with van der Waals surface area (Å²) in [6.45, 7) is 4.08. The van der Waals surface area contributed by atoms with Gasteiger partial charge in [-0.2, -0.15) is 5.09 Å². The zero-order valence-corrected chi connectivity index (χ0v) is 22.0. The minimum atomic E-state index is -4.13. The molecular formula is C26H37N2O7P. The van der Waals surface area contributed by atoms with Crippen LogP contribution in [0.1, 0.15) is 71.6 Å². The number of hydrogen-bond acceptors (Lipinski definition) is 7. The number of unbranched alkanes of at least 4 members (excludes halogenated alkanes) is 7. The predicted octanol–water partition coefficient (Wildman–Crippen LogP) is 7.21. The number of carbonyl (C=O) groups is 1. The smallest absolute Gasteiger partial charge is 0.465 e. The second kappa shape index (κ2) is 16.0. The van der Waals surface area contributed by atoms with Gasteiger partial charge in [-0.25, -0.2) is 4.57 Å². The van der Waals surface area contributed by atoms with E-state index in [1.165, 1.54) is 49.9 Å². The lowest BCUT2D eigenvalue weighted by Gasteiger charge is -2.24. The van der Waals surface area contributed by atoms with Crippen LogP contribution in [0.15, 0.2) is 54.6 Å². The SMILES string of the molecule is CCCCCCCCCCC(NP(=O)(Oc1ccccc1)Oc1ccc([N+](=O)[O-])cc1)C(=O)OCC. The van der Waals surface area contributed by atoms with Crippen LogP contribution in [0.3, 0.4) is 0 Å². The normalized spacial score (nSPS) is 13.4. The fourth-order valence-electron chi connectivity index (χ4n) is 3.61. The lowest BCUT2D eigenvalue weighted by Crippen LogP contribution is -2.38. The van der Waals surface area contributed by atoms with Crippen LogP contribution < -0.4 is 14.1 Å². The van der Waals surface area contributed by atoms with Gasteiger partial charge in [-0.05, 0) is 37.6 Å². The van der Waals surface area contributed by atoms with Crippen molar-refractivity contribution in [2.24, 2.45) is 0 Å². The van der Waals surface area contributed by atoms with Gasteiger partial charge in [0.1, 0.15) is 17.5 Å². The van der Waals surface area contributed by atoms with Crippen molar-refractivity contribution < 1.29 is 28.1 Å². The molecular weight excluding hydrogens is 483 g/mol. The highest BCUT2D eigenvalue weighted by atomic mass is 31.2. The number of non-ortho nitro benzene ring substituents is 1. The Balaban J connectivity index is 2.12. The van der Waals surface area contributed by atoms with Crippen LogP contribution in [0.25, 0.3) is 0 Å². The van der Waals surface area contributed by atoms with Gasteiger partial charge in [-0.15, -0.1) is 0 Å². The average molecular weight is 521 g/mol. The van der Waals surface area contributed by atoms with Gasteiger partial charge < -0.3 is 13.8 Å². The van der Waals surface area contributed by atoms with Gasteiger partial charge in [0.25, 0.3) is 5.69 Å². The van der Waals surface area contributed by atoms with Gasteiger partial charge in [0.15, 0.2) is 0 Å². The minimum Gasteiger partial charge on any atom is -0.465 e. The van der Waals surface area contributed by atoms with E-state index < -0.39 is 24.7 Å². The van der Waals surface area contributed by atoms with Crippen molar-refractivity contribution in [1.29, 1.82) is 0 Å². The van der Waals surface area contributed by atoms with Crippen molar-refractivity contribution in [1.82, 2.24) is 5.09 Å². The molecule has 0 saturated heterocycles. The summed E-state index contributed by atoms with van der Waals surface area (Å²) in [6.07, 6.45) is 9.21. The summed E-state index contributed by atoms with van der Waals surface area (Å²) in [5.74, 6) is -0.156. The average Bonchev–Trinajstić information content (AvgIpc) is 2.86. The van der Waals surface area contributed by atoms with Gasteiger partial charge in [0.2, 0.25) is 0 Å². The summed E-state index contributed by atoms with van der Waals surface area (Å²) in [7, 11) is -4.13. The summed E-state index contributed by atoms with van der Waals surface area (Å²) in [5, 5.41) is 13.7. The van der Waals surface area contributed by atoms with E-state index in [1.807, 2.05) is 0 Å². The Bertz CT molecular complexity index is 970. The highest BCUT2D eigenvalue weighted by Crippen LogP contribution is 2.46. The number of benzene rings is 2. The van der Waals surface area contributed by atoms with Gasteiger partial charge in [-0.3, -0.25) is 14.9 Å². The van der Waals surface area contributed by atoms with Gasteiger partial charge in [0.05, 0.1) is 11.5 Å². The number of rotatable bonds is 18. The third kappa shape index (κ3) is 10.8. The second-order valence-corrected chi connectivity index (χ2v) is 10.1. The van der Waals surface area contributed by atoms with Crippen molar-refractivity contribution in [3.63, 3.8) is 0 Å². The predicted molar refractivity (Wildman–Crippen MR) is 139 cm³/mol. The molecule has 0 aromatic heterocycles. The van der Waals surface area contributed by atoms with Gasteiger partial charge in [-0.1, -0.05) is 76.5 Å². The molecule has 2 aromatic rings. The fraction of sp³-hybridized carbons (Fsp3) is 0.500. The van der Waals surface area contributed by atoms with Crippen LogP contribution >= 0.6 is 7.75 Å². The number of para-hydroxylation sites is 1. The number of ether oxygens (including phenoxy) is 1. The monoisotopic (exact) mass is 520 g/mol. The van der Waals surface area contributed by atoms with Crippen molar-refractivity contribution in [3.8, 4) is 11.5 Å². The van der Waals surface area contributed by atoms with Crippen molar-refractivity contribution in [2.45, 2.75) is 77.7 Å². The second-order valence-electron chi connectivity index (χ2n) is 8.44. The Morgan fingerprint density at radius 2 is 1.44 bits per heavy atom. The molecule has 0 aliphatic rings. The molecule has 10 heteroatoms. The third-order valence-electron chi connectivity index (χ3n) is 5.47. The first-order valence-electron chi connectivity index (χ1n) is 12.6. The third-order valence-corrected chi connectivity index (χ3v) is 7.00.